The van der Waals surface area contributed by atoms with E-state index in [0.717, 1.165) is 0 Å². The fourth-order valence-corrected chi connectivity index (χ4v) is 1.01. The molecule has 0 unspecified atom stereocenters. The van der Waals surface area contributed by atoms with Crippen molar-refractivity contribution in [2.24, 2.45) is 5.41 Å². The number of rotatable bonds is 4. The number of carbonyl (C=O) groups excluding carboxylic acids is 1. The first-order chi connectivity index (χ1) is 6.54. The second-order valence-electron chi connectivity index (χ2n) is 5.49. The van der Waals surface area contributed by atoms with E-state index in [1.807, 2.05) is 20.8 Å². The Kier molecular flexibility index (Phi) is 4.31. The van der Waals surface area contributed by atoms with Crippen molar-refractivity contribution in [3.05, 3.63) is 0 Å². The lowest BCUT2D eigenvalue weighted by atomic mass is 9.88. The van der Waals surface area contributed by atoms with Crippen molar-refractivity contribution in [2.45, 2.75) is 53.0 Å². The normalized spacial score (nSPS) is 12.3. The van der Waals surface area contributed by atoms with Gasteiger partial charge in [0.2, 0.25) is 5.91 Å². The second kappa shape index (κ2) is 4.64. The molecule has 0 aliphatic carbocycles. The number of aliphatic carboxylic acids is 1. The SMILES string of the molecule is CC(C)(C)NC(=O)CCC(C)(C)C(=O)O. The van der Waals surface area contributed by atoms with Gasteiger partial charge in [-0.15, -0.1) is 0 Å². The first kappa shape index (κ1) is 13.9. The number of hydrogen-bond acceptors (Lipinski definition) is 2. The molecule has 0 atom stereocenters. The van der Waals surface area contributed by atoms with E-state index in [2.05, 4.69) is 5.32 Å². The molecule has 4 nitrogen and oxygen atoms in total. The van der Waals surface area contributed by atoms with E-state index in [4.69, 9.17) is 5.11 Å². The highest BCUT2D eigenvalue weighted by Crippen LogP contribution is 2.22. The van der Waals surface area contributed by atoms with Gasteiger partial charge in [0.05, 0.1) is 5.41 Å². The maximum absolute atomic E-state index is 11.4. The molecule has 0 fully saturated rings. The molecule has 0 aliphatic heterocycles. The van der Waals surface area contributed by atoms with Gasteiger partial charge in [-0.3, -0.25) is 9.59 Å². The van der Waals surface area contributed by atoms with Crippen molar-refractivity contribution in [1.82, 2.24) is 5.32 Å². The summed E-state index contributed by atoms with van der Waals surface area (Å²) in [7, 11) is 0. The standard InChI is InChI=1S/C11H21NO3/c1-10(2,3)12-8(13)6-7-11(4,5)9(14)15/h6-7H2,1-5H3,(H,12,13)(H,14,15). The van der Waals surface area contributed by atoms with Gasteiger partial charge < -0.3 is 10.4 Å². The van der Waals surface area contributed by atoms with Crippen LogP contribution in [0.5, 0.6) is 0 Å². The van der Waals surface area contributed by atoms with Crippen LogP contribution in [0.15, 0.2) is 0 Å². The van der Waals surface area contributed by atoms with Gasteiger partial charge >= 0.3 is 5.97 Å². The number of carboxylic acids is 1. The fourth-order valence-electron chi connectivity index (χ4n) is 1.01. The van der Waals surface area contributed by atoms with Crippen LogP contribution in [0, 0.1) is 5.41 Å². The highest BCUT2D eigenvalue weighted by Gasteiger charge is 2.28. The third-order valence-electron chi connectivity index (χ3n) is 2.07. The number of amides is 1. The number of carboxylic acid groups (broad SMARTS) is 1. The Morgan fingerprint density at radius 1 is 1.13 bits per heavy atom. The van der Waals surface area contributed by atoms with Gasteiger partial charge in [-0.25, -0.2) is 0 Å². The van der Waals surface area contributed by atoms with Gasteiger partial charge in [0.1, 0.15) is 0 Å². The lowest BCUT2D eigenvalue weighted by molar-refractivity contribution is -0.147. The molecule has 88 valence electrons. The first-order valence-corrected chi connectivity index (χ1v) is 5.09. The summed E-state index contributed by atoms with van der Waals surface area (Å²) in [6.07, 6.45) is 0.598. The van der Waals surface area contributed by atoms with E-state index in [0.29, 0.717) is 6.42 Å². The monoisotopic (exact) mass is 215 g/mol. The van der Waals surface area contributed by atoms with E-state index >= 15 is 0 Å². The highest BCUT2D eigenvalue weighted by molar-refractivity contribution is 5.78. The Morgan fingerprint density at radius 2 is 1.60 bits per heavy atom. The molecule has 0 aromatic carbocycles. The molecular formula is C11H21NO3. The molecule has 0 bridgehead atoms. The Hall–Kier alpha value is -1.06. The van der Waals surface area contributed by atoms with Gasteiger partial charge in [-0.05, 0) is 41.0 Å². The summed E-state index contributed by atoms with van der Waals surface area (Å²) in [4.78, 5) is 22.2. The third kappa shape index (κ3) is 6.10. The zero-order chi connectivity index (χ0) is 12.3. The molecule has 0 aliphatic rings. The average molecular weight is 215 g/mol. The van der Waals surface area contributed by atoms with E-state index in [9.17, 15) is 9.59 Å². The van der Waals surface area contributed by atoms with Crippen molar-refractivity contribution >= 4 is 11.9 Å². The molecule has 2 N–H and O–H groups in total. The molecule has 0 saturated carbocycles. The van der Waals surface area contributed by atoms with Crippen LogP contribution in [-0.2, 0) is 9.59 Å². The summed E-state index contributed by atoms with van der Waals surface area (Å²) in [6, 6.07) is 0. The van der Waals surface area contributed by atoms with E-state index in [1.165, 1.54) is 0 Å². The van der Waals surface area contributed by atoms with Crippen LogP contribution in [0.3, 0.4) is 0 Å². The van der Waals surface area contributed by atoms with Crippen LogP contribution in [0.25, 0.3) is 0 Å². The summed E-state index contributed by atoms with van der Waals surface area (Å²) >= 11 is 0. The van der Waals surface area contributed by atoms with Crippen molar-refractivity contribution in [1.29, 1.82) is 0 Å². The molecule has 0 radical (unpaired) electrons. The van der Waals surface area contributed by atoms with Crippen LogP contribution < -0.4 is 5.32 Å². The van der Waals surface area contributed by atoms with Crippen molar-refractivity contribution in [3.8, 4) is 0 Å². The lowest BCUT2D eigenvalue weighted by Gasteiger charge is -2.23. The van der Waals surface area contributed by atoms with Crippen LogP contribution in [-0.4, -0.2) is 22.5 Å². The minimum absolute atomic E-state index is 0.100. The molecule has 0 saturated heterocycles. The van der Waals surface area contributed by atoms with Gasteiger partial charge in [-0.1, -0.05) is 0 Å². The summed E-state index contributed by atoms with van der Waals surface area (Å²) in [5.41, 5.74) is -1.10. The topological polar surface area (TPSA) is 66.4 Å². The molecule has 0 aromatic heterocycles. The molecule has 0 spiro atoms. The Bertz CT molecular complexity index is 251. The van der Waals surface area contributed by atoms with Gasteiger partial charge in [0, 0.05) is 12.0 Å². The smallest absolute Gasteiger partial charge is 0.309 e. The van der Waals surface area contributed by atoms with Crippen LogP contribution in [0.1, 0.15) is 47.5 Å². The van der Waals surface area contributed by atoms with Crippen molar-refractivity contribution in [3.63, 3.8) is 0 Å². The second-order valence-corrected chi connectivity index (χ2v) is 5.49. The molecule has 15 heavy (non-hydrogen) atoms. The van der Waals surface area contributed by atoms with Crippen LogP contribution >= 0.6 is 0 Å². The summed E-state index contributed by atoms with van der Waals surface area (Å²) in [5.74, 6) is -0.970. The van der Waals surface area contributed by atoms with E-state index in [1.54, 1.807) is 13.8 Å². The molecular weight excluding hydrogens is 194 g/mol. The Morgan fingerprint density at radius 3 is 1.93 bits per heavy atom. The van der Waals surface area contributed by atoms with Gasteiger partial charge in [-0.2, -0.15) is 0 Å². The molecule has 1 amide bonds. The van der Waals surface area contributed by atoms with Crippen LogP contribution in [0.2, 0.25) is 0 Å². The predicted molar refractivity (Wildman–Crippen MR) is 58.5 cm³/mol. The zero-order valence-corrected chi connectivity index (χ0v) is 10.2. The highest BCUT2D eigenvalue weighted by atomic mass is 16.4. The fraction of sp³-hybridized carbons (Fsp3) is 0.818. The Balaban J connectivity index is 4.07. The molecule has 0 heterocycles. The first-order valence-electron chi connectivity index (χ1n) is 5.09. The Labute approximate surface area is 91.1 Å². The third-order valence-corrected chi connectivity index (χ3v) is 2.07. The van der Waals surface area contributed by atoms with Crippen molar-refractivity contribution < 1.29 is 14.7 Å². The average Bonchev–Trinajstić information content (AvgIpc) is 1.97. The zero-order valence-electron chi connectivity index (χ0n) is 10.2. The van der Waals surface area contributed by atoms with E-state index < -0.39 is 11.4 Å². The number of nitrogens with one attached hydrogen (secondary N) is 1. The predicted octanol–water partition coefficient (Wildman–Crippen LogP) is 1.79. The summed E-state index contributed by atoms with van der Waals surface area (Å²) in [6.45, 7) is 8.94. The van der Waals surface area contributed by atoms with Crippen molar-refractivity contribution in [2.75, 3.05) is 0 Å². The quantitative estimate of drug-likeness (QED) is 0.751. The molecule has 0 rings (SSSR count). The minimum Gasteiger partial charge on any atom is -0.481 e. The van der Waals surface area contributed by atoms with Gasteiger partial charge in [0.15, 0.2) is 0 Å². The number of carbonyl (C=O) groups is 2. The maximum atomic E-state index is 11.4. The minimum atomic E-state index is -0.869. The van der Waals surface area contributed by atoms with E-state index in [-0.39, 0.29) is 17.9 Å². The van der Waals surface area contributed by atoms with Gasteiger partial charge in [0.25, 0.3) is 0 Å². The lowest BCUT2D eigenvalue weighted by Crippen LogP contribution is -2.41. The summed E-state index contributed by atoms with van der Waals surface area (Å²) in [5, 5.41) is 11.7. The number of hydrogen-bond donors (Lipinski definition) is 2. The molecule has 4 heteroatoms. The van der Waals surface area contributed by atoms with Crippen LogP contribution in [0.4, 0.5) is 0 Å². The summed E-state index contributed by atoms with van der Waals surface area (Å²) < 4.78 is 0. The maximum Gasteiger partial charge on any atom is 0.309 e. The largest absolute Gasteiger partial charge is 0.481 e. The molecule has 0 aromatic rings.